The molecular formula is C25H27N7OS. The Morgan fingerprint density at radius 3 is 2.85 bits per heavy atom. The number of anilines is 1. The number of hydrogen-bond acceptors (Lipinski definition) is 7. The molecule has 1 atom stereocenters. The predicted octanol–water partition coefficient (Wildman–Crippen LogP) is 2.94. The molecule has 0 spiro atoms. The van der Waals surface area contributed by atoms with Crippen molar-refractivity contribution in [3.8, 4) is 5.69 Å². The molecule has 174 valence electrons. The molecule has 2 aromatic carbocycles. The van der Waals surface area contributed by atoms with E-state index in [0.717, 1.165) is 29.0 Å². The van der Waals surface area contributed by atoms with Crippen LogP contribution in [0, 0.1) is 6.92 Å². The fraction of sp³-hybridized carbons (Fsp3) is 0.280. The van der Waals surface area contributed by atoms with Crippen LogP contribution in [0.25, 0.3) is 16.7 Å². The number of rotatable bonds is 6. The summed E-state index contributed by atoms with van der Waals surface area (Å²) >= 11 is 1.70. The highest BCUT2D eigenvalue weighted by Crippen LogP contribution is 2.25. The first kappa shape index (κ1) is 22.4. The van der Waals surface area contributed by atoms with E-state index in [2.05, 4.69) is 80.2 Å². The highest BCUT2D eigenvalue weighted by atomic mass is 32.2. The van der Waals surface area contributed by atoms with Gasteiger partial charge in [0.25, 0.3) is 0 Å². The van der Waals surface area contributed by atoms with E-state index in [9.17, 15) is 4.79 Å². The summed E-state index contributed by atoms with van der Waals surface area (Å²) in [6.07, 6.45) is 5.56. The van der Waals surface area contributed by atoms with Crippen LogP contribution >= 0.6 is 11.8 Å². The number of carbonyl (C=O) groups is 1. The number of amides is 1. The van der Waals surface area contributed by atoms with E-state index < -0.39 is 0 Å². The molecule has 3 heterocycles. The number of hydrogen-bond donors (Lipinski definition) is 2. The second-order valence-electron chi connectivity index (χ2n) is 8.37. The number of nitrogens with zero attached hydrogens (tertiary/aromatic N) is 5. The third kappa shape index (κ3) is 4.76. The maximum Gasteiger partial charge on any atom is 0.239 e. The Bertz CT molecular complexity index is 1300. The first-order chi connectivity index (χ1) is 16.6. The maximum atomic E-state index is 12.9. The summed E-state index contributed by atoms with van der Waals surface area (Å²) in [5, 5.41) is 11.9. The molecule has 1 unspecified atom stereocenters. The smallest absolute Gasteiger partial charge is 0.239 e. The van der Waals surface area contributed by atoms with Gasteiger partial charge in [-0.05, 0) is 48.6 Å². The molecule has 1 aliphatic heterocycles. The lowest BCUT2D eigenvalue weighted by Gasteiger charge is -2.33. The summed E-state index contributed by atoms with van der Waals surface area (Å²) in [7, 11) is 0. The van der Waals surface area contributed by atoms with Crippen molar-refractivity contribution < 1.29 is 4.79 Å². The first-order valence-corrected chi connectivity index (χ1v) is 12.5. The second kappa shape index (κ2) is 9.82. The van der Waals surface area contributed by atoms with Crippen molar-refractivity contribution in [2.45, 2.75) is 24.4 Å². The monoisotopic (exact) mass is 473 g/mol. The summed E-state index contributed by atoms with van der Waals surface area (Å²) < 4.78 is 1.84. The summed E-state index contributed by atoms with van der Waals surface area (Å²) in [4.78, 5) is 25.2. The molecule has 2 N–H and O–H groups in total. The van der Waals surface area contributed by atoms with Crippen molar-refractivity contribution in [2.24, 2.45) is 0 Å². The Morgan fingerprint density at radius 2 is 2.06 bits per heavy atom. The molecule has 34 heavy (non-hydrogen) atoms. The van der Waals surface area contributed by atoms with Crippen LogP contribution in [-0.4, -0.2) is 57.6 Å². The standard InChI is InChI=1S/C25H27N7OS/c1-17-4-3-5-19(12-17)32-14-21-23(30-32)28-16-29-24(21)31-11-10-26-22(15-31)25(33)27-13-18-6-8-20(34-2)9-7-18/h3-9,12,14,16,22,26H,10-11,13,15H2,1-2H3,(H,27,33). The molecule has 0 radical (unpaired) electrons. The Kier molecular flexibility index (Phi) is 6.46. The van der Waals surface area contributed by atoms with Crippen molar-refractivity contribution in [3.05, 3.63) is 72.2 Å². The fourth-order valence-corrected chi connectivity index (χ4v) is 4.56. The van der Waals surface area contributed by atoms with Gasteiger partial charge in [0.05, 0.1) is 11.1 Å². The first-order valence-electron chi connectivity index (χ1n) is 11.3. The highest BCUT2D eigenvalue weighted by molar-refractivity contribution is 7.98. The van der Waals surface area contributed by atoms with Gasteiger partial charge in [0.2, 0.25) is 5.91 Å². The van der Waals surface area contributed by atoms with Gasteiger partial charge in [-0.1, -0.05) is 24.3 Å². The molecule has 1 amide bonds. The molecule has 2 aromatic heterocycles. The van der Waals surface area contributed by atoms with Crippen LogP contribution in [0.1, 0.15) is 11.1 Å². The Labute approximate surface area is 202 Å². The van der Waals surface area contributed by atoms with E-state index in [-0.39, 0.29) is 11.9 Å². The minimum Gasteiger partial charge on any atom is -0.353 e. The molecule has 8 nitrogen and oxygen atoms in total. The fourth-order valence-electron chi connectivity index (χ4n) is 4.15. The van der Waals surface area contributed by atoms with Crippen LogP contribution in [0.3, 0.4) is 0 Å². The Morgan fingerprint density at radius 1 is 1.21 bits per heavy atom. The third-order valence-electron chi connectivity index (χ3n) is 5.98. The molecule has 1 aliphatic rings. The molecule has 0 bridgehead atoms. The van der Waals surface area contributed by atoms with Crippen LogP contribution in [0.2, 0.25) is 0 Å². The van der Waals surface area contributed by atoms with Gasteiger partial charge in [-0.15, -0.1) is 16.9 Å². The van der Waals surface area contributed by atoms with Crippen LogP contribution in [0.15, 0.2) is 66.0 Å². The van der Waals surface area contributed by atoms with Gasteiger partial charge >= 0.3 is 0 Å². The molecule has 0 aliphatic carbocycles. The molecule has 0 saturated carbocycles. The molecule has 5 rings (SSSR count). The molecule has 1 fully saturated rings. The summed E-state index contributed by atoms with van der Waals surface area (Å²) in [6, 6.07) is 16.1. The van der Waals surface area contributed by atoms with Crippen LogP contribution in [0.4, 0.5) is 5.82 Å². The number of piperazine rings is 1. The summed E-state index contributed by atoms with van der Waals surface area (Å²) in [5.74, 6) is 0.787. The molecule has 4 aromatic rings. The zero-order valence-corrected chi connectivity index (χ0v) is 20.0. The van der Waals surface area contributed by atoms with Crippen molar-refractivity contribution in [1.82, 2.24) is 30.4 Å². The normalized spacial score (nSPS) is 16.1. The third-order valence-corrected chi connectivity index (χ3v) is 6.72. The minimum atomic E-state index is -0.323. The van der Waals surface area contributed by atoms with Crippen molar-refractivity contribution in [2.75, 3.05) is 30.8 Å². The van der Waals surface area contributed by atoms with Crippen molar-refractivity contribution in [1.29, 1.82) is 0 Å². The van der Waals surface area contributed by atoms with Crippen molar-refractivity contribution >= 4 is 34.5 Å². The van der Waals surface area contributed by atoms with Crippen molar-refractivity contribution in [3.63, 3.8) is 0 Å². The number of aromatic nitrogens is 4. The van der Waals surface area contributed by atoms with Crippen LogP contribution in [0.5, 0.6) is 0 Å². The lowest BCUT2D eigenvalue weighted by Crippen LogP contribution is -2.57. The predicted molar refractivity (Wildman–Crippen MR) is 135 cm³/mol. The van der Waals surface area contributed by atoms with E-state index >= 15 is 0 Å². The number of nitrogens with one attached hydrogen (secondary N) is 2. The van der Waals surface area contributed by atoms with Gasteiger partial charge in [0.1, 0.15) is 18.2 Å². The Hall–Kier alpha value is -3.43. The molecule has 9 heteroatoms. The largest absolute Gasteiger partial charge is 0.353 e. The van der Waals surface area contributed by atoms with Gasteiger partial charge in [0, 0.05) is 37.3 Å². The Balaban J connectivity index is 1.31. The number of aryl methyl sites for hydroxylation is 1. The lowest BCUT2D eigenvalue weighted by atomic mass is 10.1. The van der Waals surface area contributed by atoms with Gasteiger partial charge in [-0.2, -0.15) is 0 Å². The average Bonchev–Trinajstić information content (AvgIpc) is 3.32. The van der Waals surface area contributed by atoms with Crippen LogP contribution < -0.4 is 15.5 Å². The minimum absolute atomic E-state index is 0.0144. The summed E-state index contributed by atoms with van der Waals surface area (Å²) in [5.41, 5.74) is 3.87. The van der Waals surface area contributed by atoms with Gasteiger partial charge in [-0.3, -0.25) is 4.79 Å². The van der Waals surface area contributed by atoms with E-state index in [1.54, 1.807) is 18.1 Å². The zero-order chi connectivity index (χ0) is 23.5. The highest BCUT2D eigenvalue weighted by Gasteiger charge is 2.27. The molecular weight excluding hydrogens is 446 g/mol. The van der Waals surface area contributed by atoms with Gasteiger partial charge < -0.3 is 15.5 Å². The maximum absolute atomic E-state index is 12.9. The second-order valence-corrected chi connectivity index (χ2v) is 9.25. The number of thioether (sulfide) groups is 1. The van der Waals surface area contributed by atoms with E-state index in [4.69, 9.17) is 0 Å². The number of benzene rings is 2. The van der Waals surface area contributed by atoms with E-state index in [0.29, 0.717) is 25.3 Å². The number of fused-ring (bicyclic) bond motifs is 1. The van der Waals surface area contributed by atoms with Gasteiger partial charge in [-0.25, -0.2) is 14.6 Å². The van der Waals surface area contributed by atoms with E-state index in [1.807, 2.05) is 23.0 Å². The lowest BCUT2D eigenvalue weighted by molar-refractivity contribution is -0.123. The van der Waals surface area contributed by atoms with Gasteiger partial charge in [0.15, 0.2) is 5.65 Å². The summed E-state index contributed by atoms with van der Waals surface area (Å²) in [6.45, 7) is 4.54. The topological polar surface area (TPSA) is 88.0 Å². The molecule has 1 saturated heterocycles. The zero-order valence-electron chi connectivity index (χ0n) is 19.2. The average molecular weight is 474 g/mol. The number of carbonyl (C=O) groups excluding carboxylic acids is 1. The van der Waals surface area contributed by atoms with E-state index in [1.165, 1.54) is 10.5 Å². The SMILES string of the molecule is CSc1ccc(CNC(=O)C2CN(c3ncnc4nn(-c5cccc(C)c5)cc34)CCN2)cc1. The quantitative estimate of drug-likeness (QED) is 0.416. The van der Waals surface area contributed by atoms with Crippen LogP contribution in [-0.2, 0) is 11.3 Å².